The van der Waals surface area contributed by atoms with Gasteiger partial charge in [-0.3, -0.25) is 4.79 Å². The third kappa shape index (κ3) is 4.80. The summed E-state index contributed by atoms with van der Waals surface area (Å²) in [7, 11) is 0. The van der Waals surface area contributed by atoms with Gasteiger partial charge in [-0.2, -0.15) is 0 Å². The number of anilines is 2. The molecule has 4 rings (SSSR count). The van der Waals surface area contributed by atoms with Crippen molar-refractivity contribution in [2.45, 2.75) is 25.7 Å². The van der Waals surface area contributed by atoms with Gasteiger partial charge in [0.25, 0.3) is 5.91 Å². The number of aromatic nitrogens is 1. The van der Waals surface area contributed by atoms with Crippen molar-refractivity contribution in [2.24, 2.45) is 0 Å². The van der Waals surface area contributed by atoms with E-state index >= 15 is 0 Å². The van der Waals surface area contributed by atoms with Crippen LogP contribution in [0.1, 0.15) is 40.2 Å². The third-order valence-electron chi connectivity index (χ3n) is 5.87. The maximum atomic E-state index is 14.2. The van der Waals surface area contributed by atoms with Crippen molar-refractivity contribution in [3.05, 3.63) is 87.7 Å². The van der Waals surface area contributed by atoms with E-state index in [4.69, 9.17) is 11.6 Å². The number of rotatable bonds is 4. The largest absolute Gasteiger partial charge is 0.352 e. The Morgan fingerprint density at radius 1 is 1.06 bits per heavy atom. The lowest BCUT2D eigenvalue weighted by atomic mass is 9.89. The molecular formula is C24H20ClF4N3O. The molecule has 2 heterocycles. The molecule has 1 aliphatic rings. The molecule has 9 heteroatoms. The zero-order chi connectivity index (χ0) is 23.7. The number of nitrogens with one attached hydrogen (secondary N) is 1. The molecule has 1 saturated heterocycles. The highest BCUT2D eigenvalue weighted by atomic mass is 35.5. The molecule has 1 amide bonds. The van der Waals surface area contributed by atoms with Crippen LogP contribution in [0.2, 0.25) is 5.15 Å². The minimum Gasteiger partial charge on any atom is -0.352 e. The second kappa shape index (κ2) is 9.39. The minimum atomic E-state index is -1.36. The number of amides is 1. The number of carbonyl (C=O) groups excluding carboxylic acids is 1. The SMILES string of the molecule is Cc1c(Cl)ncc(C(=O)N2CCC(c3ccc(F)cc3)CC2)c1Nc1cc(F)cc(F)c1F. The quantitative estimate of drug-likeness (QED) is 0.270. The molecule has 2 aromatic carbocycles. The first-order chi connectivity index (χ1) is 15.7. The van der Waals surface area contributed by atoms with Crippen molar-refractivity contribution >= 4 is 28.9 Å². The smallest absolute Gasteiger partial charge is 0.257 e. The fourth-order valence-corrected chi connectivity index (χ4v) is 4.16. The molecular weight excluding hydrogens is 458 g/mol. The molecule has 1 N–H and O–H groups in total. The lowest BCUT2D eigenvalue weighted by Gasteiger charge is -2.33. The maximum absolute atomic E-state index is 14.2. The molecule has 33 heavy (non-hydrogen) atoms. The Morgan fingerprint density at radius 2 is 1.73 bits per heavy atom. The zero-order valence-electron chi connectivity index (χ0n) is 17.6. The Labute approximate surface area is 193 Å². The molecule has 0 spiro atoms. The van der Waals surface area contributed by atoms with Crippen molar-refractivity contribution in [2.75, 3.05) is 18.4 Å². The van der Waals surface area contributed by atoms with E-state index in [0.29, 0.717) is 37.6 Å². The molecule has 0 unspecified atom stereocenters. The average molecular weight is 478 g/mol. The molecule has 4 nitrogen and oxygen atoms in total. The van der Waals surface area contributed by atoms with Crippen LogP contribution in [0, 0.1) is 30.2 Å². The fourth-order valence-electron chi connectivity index (χ4n) is 4.01. The number of nitrogens with zero attached hydrogens (tertiary/aromatic N) is 2. The predicted octanol–water partition coefficient (Wildman–Crippen LogP) is 6.36. The standard InChI is InChI=1S/C24H20ClF4N3O/c1-13-22(31-20-11-17(27)10-19(28)21(20)29)18(12-30-23(13)25)24(33)32-8-6-15(7-9-32)14-2-4-16(26)5-3-14/h2-5,10-12,15H,6-9H2,1H3,(H,30,31). The van der Waals surface area contributed by atoms with Crippen LogP contribution in [0.3, 0.4) is 0 Å². The number of carbonyl (C=O) groups is 1. The normalized spacial score (nSPS) is 14.4. The molecule has 1 aliphatic heterocycles. The summed E-state index contributed by atoms with van der Waals surface area (Å²) in [4.78, 5) is 19.0. The van der Waals surface area contributed by atoms with E-state index in [2.05, 4.69) is 10.3 Å². The summed E-state index contributed by atoms with van der Waals surface area (Å²) in [6, 6.07) is 7.57. The first-order valence-electron chi connectivity index (χ1n) is 10.4. The van der Waals surface area contributed by atoms with E-state index in [1.165, 1.54) is 18.3 Å². The van der Waals surface area contributed by atoms with Crippen LogP contribution in [0.25, 0.3) is 0 Å². The molecule has 172 valence electrons. The zero-order valence-corrected chi connectivity index (χ0v) is 18.4. The van der Waals surface area contributed by atoms with E-state index in [-0.39, 0.29) is 34.0 Å². The second-order valence-corrected chi connectivity index (χ2v) is 8.31. The Balaban J connectivity index is 1.57. The van der Waals surface area contributed by atoms with E-state index in [1.54, 1.807) is 24.0 Å². The van der Waals surface area contributed by atoms with Gasteiger partial charge in [0.05, 0.1) is 16.9 Å². The molecule has 0 atom stereocenters. The van der Waals surface area contributed by atoms with Crippen molar-refractivity contribution in [1.82, 2.24) is 9.88 Å². The number of hydrogen-bond donors (Lipinski definition) is 1. The summed E-state index contributed by atoms with van der Waals surface area (Å²) in [5.41, 5.74) is 1.14. The van der Waals surface area contributed by atoms with Gasteiger partial charge >= 0.3 is 0 Å². The Bertz CT molecular complexity index is 1200. The number of halogens is 5. The maximum Gasteiger partial charge on any atom is 0.257 e. The summed E-state index contributed by atoms with van der Waals surface area (Å²) in [5, 5.41) is 2.70. The van der Waals surface area contributed by atoms with Crippen LogP contribution in [0.5, 0.6) is 0 Å². The molecule has 0 saturated carbocycles. The van der Waals surface area contributed by atoms with Gasteiger partial charge in [-0.15, -0.1) is 0 Å². The first kappa shape index (κ1) is 23.0. The van der Waals surface area contributed by atoms with Crippen molar-refractivity contribution in [3.8, 4) is 0 Å². The van der Waals surface area contributed by atoms with Gasteiger partial charge in [0.15, 0.2) is 11.6 Å². The molecule has 1 aromatic heterocycles. The number of hydrogen-bond acceptors (Lipinski definition) is 3. The van der Waals surface area contributed by atoms with Gasteiger partial charge < -0.3 is 10.2 Å². The van der Waals surface area contributed by atoms with Crippen LogP contribution >= 0.6 is 11.6 Å². The highest BCUT2D eigenvalue weighted by Crippen LogP contribution is 2.33. The summed E-state index contributed by atoms with van der Waals surface area (Å²) in [5.74, 6) is -4.06. The number of piperidine rings is 1. The minimum absolute atomic E-state index is 0.0707. The lowest BCUT2D eigenvalue weighted by molar-refractivity contribution is 0.0713. The van der Waals surface area contributed by atoms with Crippen molar-refractivity contribution < 1.29 is 22.4 Å². The van der Waals surface area contributed by atoms with Gasteiger partial charge in [0.1, 0.15) is 16.8 Å². The second-order valence-electron chi connectivity index (χ2n) is 7.95. The van der Waals surface area contributed by atoms with Gasteiger partial charge in [-0.05, 0) is 43.4 Å². The van der Waals surface area contributed by atoms with Gasteiger partial charge in [0, 0.05) is 37.0 Å². The molecule has 0 radical (unpaired) electrons. The highest BCUT2D eigenvalue weighted by Gasteiger charge is 2.28. The summed E-state index contributed by atoms with van der Waals surface area (Å²) >= 11 is 6.10. The molecule has 0 bridgehead atoms. The van der Waals surface area contributed by atoms with Crippen LogP contribution in [-0.2, 0) is 0 Å². The van der Waals surface area contributed by atoms with Gasteiger partial charge in [0.2, 0.25) is 0 Å². The Kier molecular flexibility index (Phi) is 6.56. The molecule has 1 fully saturated rings. The number of likely N-dealkylation sites (tertiary alicyclic amines) is 1. The Morgan fingerprint density at radius 3 is 2.39 bits per heavy atom. The van der Waals surface area contributed by atoms with E-state index in [0.717, 1.165) is 11.6 Å². The van der Waals surface area contributed by atoms with E-state index < -0.39 is 23.1 Å². The molecule has 3 aromatic rings. The van der Waals surface area contributed by atoms with E-state index in [9.17, 15) is 22.4 Å². The number of pyridine rings is 1. The number of benzene rings is 2. The van der Waals surface area contributed by atoms with Crippen LogP contribution in [0.4, 0.5) is 28.9 Å². The van der Waals surface area contributed by atoms with Gasteiger partial charge in [-0.25, -0.2) is 22.5 Å². The van der Waals surface area contributed by atoms with Gasteiger partial charge in [-0.1, -0.05) is 23.7 Å². The van der Waals surface area contributed by atoms with Crippen LogP contribution in [-0.4, -0.2) is 28.9 Å². The summed E-state index contributed by atoms with van der Waals surface area (Å²) in [6.07, 6.45) is 2.63. The van der Waals surface area contributed by atoms with Crippen LogP contribution in [0.15, 0.2) is 42.6 Å². The summed E-state index contributed by atoms with van der Waals surface area (Å²) < 4.78 is 54.8. The lowest BCUT2D eigenvalue weighted by Crippen LogP contribution is -2.38. The van der Waals surface area contributed by atoms with E-state index in [1.807, 2.05) is 0 Å². The Hall–Kier alpha value is -3.13. The fraction of sp³-hybridized carbons (Fsp3) is 0.250. The summed E-state index contributed by atoms with van der Waals surface area (Å²) in [6.45, 7) is 2.47. The van der Waals surface area contributed by atoms with Crippen molar-refractivity contribution in [1.29, 1.82) is 0 Å². The molecule has 0 aliphatic carbocycles. The monoisotopic (exact) mass is 477 g/mol. The van der Waals surface area contributed by atoms with Crippen molar-refractivity contribution in [3.63, 3.8) is 0 Å². The first-order valence-corrected chi connectivity index (χ1v) is 10.7. The predicted molar refractivity (Wildman–Crippen MR) is 118 cm³/mol. The van der Waals surface area contributed by atoms with Crippen LogP contribution < -0.4 is 5.32 Å². The topological polar surface area (TPSA) is 45.2 Å². The third-order valence-corrected chi connectivity index (χ3v) is 6.25. The highest BCUT2D eigenvalue weighted by molar-refractivity contribution is 6.30. The average Bonchev–Trinajstić information content (AvgIpc) is 2.80.